The Kier molecular flexibility index (Phi) is 5.20. The molecule has 0 unspecified atom stereocenters. The van der Waals surface area contributed by atoms with Crippen LogP contribution in [0.25, 0.3) is 0 Å². The van der Waals surface area contributed by atoms with Crippen LogP contribution in [0, 0.1) is 5.41 Å². The number of benzene rings is 1. The van der Waals surface area contributed by atoms with Gasteiger partial charge >= 0.3 is 5.97 Å². The van der Waals surface area contributed by atoms with Crippen molar-refractivity contribution in [2.45, 2.75) is 33.6 Å². The second-order valence-electron chi connectivity index (χ2n) is 5.56. The molecule has 18 heavy (non-hydrogen) atoms. The Morgan fingerprint density at radius 3 is 2.28 bits per heavy atom. The zero-order chi connectivity index (χ0) is 13.6. The lowest BCUT2D eigenvalue weighted by Crippen LogP contribution is -2.14. The van der Waals surface area contributed by atoms with Crippen molar-refractivity contribution in [3.05, 3.63) is 29.8 Å². The molecule has 0 radical (unpaired) electrons. The Bertz CT molecular complexity index is 374. The van der Waals surface area contributed by atoms with Crippen LogP contribution in [-0.4, -0.2) is 19.7 Å². The summed E-state index contributed by atoms with van der Waals surface area (Å²) >= 11 is 0. The minimum atomic E-state index is -0.176. The largest absolute Gasteiger partial charge is 0.497 e. The van der Waals surface area contributed by atoms with Gasteiger partial charge in [-0.2, -0.15) is 0 Å². The maximum Gasteiger partial charge on any atom is 0.310 e. The van der Waals surface area contributed by atoms with Gasteiger partial charge in [0.2, 0.25) is 0 Å². The van der Waals surface area contributed by atoms with E-state index in [1.54, 1.807) is 7.11 Å². The molecule has 3 heteroatoms. The highest BCUT2D eigenvalue weighted by Gasteiger charge is 2.11. The molecule has 0 aliphatic rings. The summed E-state index contributed by atoms with van der Waals surface area (Å²) in [5.74, 6) is 0.615. The first-order valence-corrected chi connectivity index (χ1v) is 6.19. The first-order chi connectivity index (χ1) is 8.40. The smallest absolute Gasteiger partial charge is 0.310 e. The van der Waals surface area contributed by atoms with E-state index in [9.17, 15) is 4.79 Å². The van der Waals surface area contributed by atoms with Gasteiger partial charge in [0.15, 0.2) is 0 Å². The molecule has 0 saturated heterocycles. The van der Waals surface area contributed by atoms with Crippen LogP contribution in [0.4, 0.5) is 0 Å². The van der Waals surface area contributed by atoms with Crippen molar-refractivity contribution in [3.63, 3.8) is 0 Å². The van der Waals surface area contributed by atoms with E-state index in [1.807, 2.05) is 24.3 Å². The Morgan fingerprint density at radius 2 is 1.78 bits per heavy atom. The van der Waals surface area contributed by atoms with Gasteiger partial charge in [-0.15, -0.1) is 0 Å². The van der Waals surface area contributed by atoms with E-state index in [0.29, 0.717) is 13.0 Å². The number of methoxy groups -OCH3 is 1. The third-order valence-corrected chi connectivity index (χ3v) is 2.62. The molecule has 100 valence electrons. The van der Waals surface area contributed by atoms with E-state index in [4.69, 9.17) is 9.47 Å². The Hall–Kier alpha value is -1.51. The third-order valence-electron chi connectivity index (χ3n) is 2.62. The SMILES string of the molecule is COc1ccc(CC(=O)OCCC(C)(C)C)cc1. The van der Waals surface area contributed by atoms with Crippen molar-refractivity contribution in [3.8, 4) is 5.75 Å². The van der Waals surface area contributed by atoms with E-state index in [-0.39, 0.29) is 11.4 Å². The molecule has 0 saturated carbocycles. The van der Waals surface area contributed by atoms with Gasteiger partial charge in [0.25, 0.3) is 0 Å². The molecule has 1 rings (SSSR count). The monoisotopic (exact) mass is 250 g/mol. The number of rotatable bonds is 5. The van der Waals surface area contributed by atoms with Crippen molar-refractivity contribution < 1.29 is 14.3 Å². The van der Waals surface area contributed by atoms with E-state index in [0.717, 1.165) is 17.7 Å². The van der Waals surface area contributed by atoms with Gasteiger partial charge in [-0.3, -0.25) is 4.79 Å². The van der Waals surface area contributed by atoms with Crippen LogP contribution >= 0.6 is 0 Å². The maximum absolute atomic E-state index is 11.6. The van der Waals surface area contributed by atoms with Crippen LogP contribution in [0.1, 0.15) is 32.8 Å². The summed E-state index contributed by atoms with van der Waals surface area (Å²) in [5.41, 5.74) is 1.14. The van der Waals surface area contributed by atoms with Gasteiger partial charge in [0.1, 0.15) is 5.75 Å². The number of carbonyl (C=O) groups is 1. The van der Waals surface area contributed by atoms with Crippen LogP contribution in [0.3, 0.4) is 0 Å². The lowest BCUT2D eigenvalue weighted by Gasteiger charge is -2.17. The van der Waals surface area contributed by atoms with E-state index in [2.05, 4.69) is 20.8 Å². The molecule has 0 atom stereocenters. The molecule has 0 spiro atoms. The van der Waals surface area contributed by atoms with Gasteiger partial charge in [0.05, 0.1) is 20.1 Å². The average Bonchev–Trinajstić information content (AvgIpc) is 2.28. The molecule has 1 aromatic rings. The standard InChI is InChI=1S/C15H22O3/c1-15(2,3)9-10-18-14(16)11-12-5-7-13(17-4)8-6-12/h5-8H,9-11H2,1-4H3. The molecule has 0 aliphatic heterocycles. The van der Waals surface area contributed by atoms with E-state index >= 15 is 0 Å². The molecule has 0 aliphatic carbocycles. The fraction of sp³-hybridized carbons (Fsp3) is 0.533. The normalized spacial score (nSPS) is 11.1. The summed E-state index contributed by atoms with van der Waals surface area (Å²) in [4.78, 5) is 11.6. The summed E-state index contributed by atoms with van der Waals surface area (Å²) in [6, 6.07) is 7.45. The number of hydrogen-bond donors (Lipinski definition) is 0. The van der Waals surface area contributed by atoms with Crippen molar-refractivity contribution in [2.75, 3.05) is 13.7 Å². The van der Waals surface area contributed by atoms with Crippen LogP contribution in [-0.2, 0) is 16.0 Å². The minimum absolute atomic E-state index is 0.176. The summed E-state index contributed by atoms with van der Waals surface area (Å²) in [7, 11) is 1.62. The predicted molar refractivity (Wildman–Crippen MR) is 71.7 cm³/mol. The Labute approximate surface area is 109 Å². The fourth-order valence-electron chi connectivity index (χ4n) is 1.43. The van der Waals surface area contributed by atoms with Crippen LogP contribution in [0.2, 0.25) is 0 Å². The summed E-state index contributed by atoms with van der Waals surface area (Å²) in [5, 5.41) is 0. The number of carbonyl (C=O) groups excluding carboxylic acids is 1. The van der Waals surface area contributed by atoms with Crippen LogP contribution in [0.5, 0.6) is 5.75 Å². The molecular weight excluding hydrogens is 228 g/mol. The Morgan fingerprint density at radius 1 is 1.17 bits per heavy atom. The highest BCUT2D eigenvalue weighted by Crippen LogP contribution is 2.18. The number of esters is 1. The quantitative estimate of drug-likeness (QED) is 0.753. The second-order valence-corrected chi connectivity index (χ2v) is 5.56. The number of hydrogen-bond acceptors (Lipinski definition) is 3. The Balaban J connectivity index is 2.35. The topological polar surface area (TPSA) is 35.5 Å². The molecule has 3 nitrogen and oxygen atoms in total. The lowest BCUT2D eigenvalue weighted by molar-refractivity contribution is -0.143. The van der Waals surface area contributed by atoms with Crippen LogP contribution < -0.4 is 4.74 Å². The molecule has 0 amide bonds. The zero-order valence-corrected chi connectivity index (χ0v) is 11.7. The summed E-state index contributed by atoms with van der Waals surface area (Å²) in [6.07, 6.45) is 1.19. The van der Waals surface area contributed by atoms with Gasteiger partial charge < -0.3 is 9.47 Å². The van der Waals surface area contributed by atoms with Gasteiger partial charge in [-0.25, -0.2) is 0 Å². The minimum Gasteiger partial charge on any atom is -0.497 e. The molecule has 0 fully saturated rings. The van der Waals surface area contributed by atoms with Gasteiger partial charge in [-0.1, -0.05) is 32.9 Å². The zero-order valence-electron chi connectivity index (χ0n) is 11.7. The summed E-state index contributed by atoms with van der Waals surface area (Å²) in [6.45, 7) is 6.87. The highest BCUT2D eigenvalue weighted by molar-refractivity contribution is 5.72. The van der Waals surface area contributed by atoms with Crippen molar-refractivity contribution in [1.82, 2.24) is 0 Å². The van der Waals surface area contributed by atoms with Crippen molar-refractivity contribution >= 4 is 5.97 Å². The van der Waals surface area contributed by atoms with Crippen molar-refractivity contribution in [1.29, 1.82) is 0 Å². The van der Waals surface area contributed by atoms with Gasteiger partial charge in [-0.05, 0) is 29.5 Å². The summed E-state index contributed by atoms with van der Waals surface area (Å²) < 4.78 is 10.3. The van der Waals surface area contributed by atoms with Gasteiger partial charge in [0, 0.05) is 0 Å². The fourth-order valence-corrected chi connectivity index (χ4v) is 1.43. The van der Waals surface area contributed by atoms with Crippen LogP contribution in [0.15, 0.2) is 24.3 Å². The molecule has 0 heterocycles. The number of ether oxygens (including phenoxy) is 2. The second kappa shape index (κ2) is 6.43. The van der Waals surface area contributed by atoms with Crippen molar-refractivity contribution in [2.24, 2.45) is 5.41 Å². The molecule has 1 aromatic carbocycles. The maximum atomic E-state index is 11.6. The molecule has 0 aromatic heterocycles. The first-order valence-electron chi connectivity index (χ1n) is 6.19. The van der Waals surface area contributed by atoms with E-state index < -0.39 is 0 Å². The molecule has 0 N–H and O–H groups in total. The predicted octanol–water partition coefficient (Wildman–Crippen LogP) is 3.22. The average molecular weight is 250 g/mol. The third kappa shape index (κ3) is 5.71. The molecule has 0 bridgehead atoms. The molecular formula is C15H22O3. The highest BCUT2D eigenvalue weighted by atomic mass is 16.5. The first kappa shape index (κ1) is 14.6. The van der Waals surface area contributed by atoms with E-state index in [1.165, 1.54) is 0 Å². The lowest BCUT2D eigenvalue weighted by atomic mass is 9.93.